The van der Waals surface area contributed by atoms with Crippen LogP contribution in [0.25, 0.3) is 10.9 Å². The van der Waals surface area contributed by atoms with Crippen molar-refractivity contribution in [1.29, 1.82) is 0 Å². The van der Waals surface area contributed by atoms with Crippen LogP contribution in [0.1, 0.15) is 23.9 Å². The van der Waals surface area contributed by atoms with Gasteiger partial charge in [0.25, 0.3) is 5.56 Å². The van der Waals surface area contributed by atoms with Crippen LogP contribution in [0.5, 0.6) is 5.75 Å². The lowest BCUT2D eigenvalue weighted by atomic mass is 10.1. The normalized spacial score (nSPS) is 14.8. The SMILES string of the molecule is O=C(Nc1ccccc1OC(F)(F)F)N(CCc1ccccc1)C1CCn2c1nc1ccc(F)cc1c2=O. The predicted octanol–water partition coefficient (Wildman–Crippen LogP) is 5.66. The standard InChI is InChI=1S/C27H22F4N4O3/c28-18-10-11-20-19(16-18)25(36)35-15-13-22(24(35)32-20)34(14-12-17-6-2-1-3-7-17)26(37)33-21-8-4-5-9-23(21)38-27(29,30)31/h1-11,16,22H,12-15H2,(H,33,37). The maximum absolute atomic E-state index is 13.8. The Labute approximate surface area is 214 Å². The summed E-state index contributed by atoms with van der Waals surface area (Å²) in [6, 6.07) is 17.1. The van der Waals surface area contributed by atoms with Crippen LogP contribution < -0.4 is 15.6 Å². The first-order chi connectivity index (χ1) is 18.2. The molecule has 4 aromatic rings. The fourth-order valence-electron chi connectivity index (χ4n) is 4.62. The molecule has 196 valence electrons. The minimum Gasteiger partial charge on any atom is -0.404 e. The van der Waals surface area contributed by atoms with Crippen molar-refractivity contribution in [2.45, 2.75) is 31.8 Å². The van der Waals surface area contributed by atoms with E-state index in [9.17, 15) is 27.2 Å². The molecule has 1 aliphatic rings. The van der Waals surface area contributed by atoms with E-state index >= 15 is 0 Å². The minimum atomic E-state index is -4.94. The number of fused-ring (bicyclic) bond motifs is 2. The number of nitrogens with one attached hydrogen (secondary N) is 1. The first-order valence-corrected chi connectivity index (χ1v) is 11.9. The number of amides is 2. The third-order valence-electron chi connectivity index (χ3n) is 6.35. The number of carbonyl (C=O) groups excluding carboxylic acids is 1. The van der Waals surface area contributed by atoms with E-state index in [0.717, 1.165) is 17.7 Å². The molecule has 1 atom stereocenters. The molecule has 0 radical (unpaired) electrons. The van der Waals surface area contributed by atoms with Crippen LogP contribution in [0.15, 0.2) is 77.6 Å². The number of ether oxygens (including phenoxy) is 1. The highest BCUT2D eigenvalue weighted by Gasteiger charge is 2.35. The zero-order valence-electron chi connectivity index (χ0n) is 19.9. The number of benzene rings is 3. The van der Waals surface area contributed by atoms with Crippen LogP contribution in [0.4, 0.5) is 28.0 Å². The van der Waals surface area contributed by atoms with Gasteiger partial charge in [0.1, 0.15) is 11.6 Å². The number of carbonyl (C=O) groups is 1. The largest absolute Gasteiger partial charge is 0.573 e. The molecule has 1 aliphatic heterocycles. The van der Waals surface area contributed by atoms with Crippen molar-refractivity contribution in [3.8, 4) is 5.75 Å². The Morgan fingerprint density at radius 1 is 1.08 bits per heavy atom. The van der Waals surface area contributed by atoms with E-state index in [2.05, 4.69) is 15.0 Å². The van der Waals surface area contributed by atoms with Crippen molar-refractivity contribution in [2.75, 3.05) is 11.9 Å². The van der Waals surface area contributed by atoms with Gasteiger partial charge < -0.3 is 15.0 Å². The Morgan fingerprint density at radius 2 is 1.82 bits per heavy atom. The number of hydrogen-bond donors (Lipinski definition) is 1. The van der Waals surface area contributed by atoms with Crippen molar-refractivity contribution < 1.29 is 27.1 Å². The Balaban J connectivity index is 1.50. The lowest BCUT2D eigenvalue weighted by Crippen LogP contribution is -2.39. The first kappa shape index (κ1) is 25.2. The molecule has 3 aromatic carbocycles. The molecule has 0 saturated carbocycles. The molecule has 38 heavy (non-hydrogen) atoms. The van der Waals surface area contributed by atoms with Crippen molar-refractivity contribution in [3.05, 3.63) is 100 Å². The number of nitrogens with zero attached hydrogens (tertiary/aromatic N) is 3. The van der Waals surface area contributed by atoms with Crippen LogP contribution >= 0.6 is 0 Å². The summed E-state index contributed by atoms with van der Waals surface area (Å²) >= 11 is 0. The second-order valence-electron chi connectivity index (χ2n) is 8.80. The van der Waals surface area contributed by atoms with E-state index in [-0.39, 0.29) is 24.2 Å². The molecule has 2 amide bonds. The van der Waals surface area contributed by atoms with Gasteiger partial charge in [-0.15, -0.1) is 13.2 Å². The zero-order valence-corrected chi connectivity index (χ0v) is 19.9. The Kier molecular flexibility index (Phi) is 6.75. The highest BCUT2D eigenvalue weighted by Crippen LogP contribution is 2.33. The van der Waals surface area contributed by atoms with Gasteiger partial charge in [-0.1, -0.05) is 42.5 Å². The molecule has 0 spiro atoms. The summed E-state index contributed by atoms with van der Waals surface area (Å²) in [4.78, 5) is 32.7. The number of urea groups is 1. The van der Waals surface area contributed by atoms with Crippen molar-refractivity contribution >= 4 is 22.6 Å². The number of anilines is 1. The summed E-state index contributed by atoms with van der Waals surface area (Å²) < 4.78 is 58.0. The fraction of sp³-hybridized carbons (Fsp3) is 0.222. The maximum atomic E-state index is 13.8. The summed E-state index contributed by atoms with van der Waals surface area (Å²) in [5.74, 6) is -0.780. The summed E-state index contributed by atoms with van der Waals surface area (Å²) in [7, 11) is 0. The molecule has 5 rings (SSSR count). The zero-order chi connectivity index (χ0) is 26.9. The van der Waals surface area contributed by atoms with Gasteiger partial charge in [-0.25, -0.2) is 14.2 Å². The van der Waals surface area contributed by atoms with Gasteiger partial charge in [0, 0.05) is 13.1 Å². The molecular formula is C27H22F4N4O3. The smallest absolute Gasteiger partial charge is 0.404 e. The first-order valence-electron chi connectivity index (χ1n) is 11.9. The molecular weight excluding hydrogens is 504 g/mol. The lowest BCUT2D eigenvalue weighted by molar-refractivity contribution is -0.274. The van der Waals surface area contributed by atoms with Crippen LogP contribution in [0, 0.1) is 5.82 Å². The maximum Gasteiger partial charge on any atom is 0.573 e. The molecule has 1 N–H and O–H groups in total. The van der Waals surface area contributed by atoms with Crippen LogP contribution in [0.3, 0.4) is 0 Å². The van der Waals surface area contributed by atoms with E-state index < -0.39 is 35.6 Å². The summed E-state index contributed by atoms with van der Waals surface area (Å²) in [5.41, 5.74) is 0.668. The van der Waals surface area contributed by atoms with Gasteiger partial charge in [0.05, 0.1) is 22.6 Å². The lowest BCUT2D eigenvalue weighted by Gasteiger charge is -2.29. The highest BCUT2D eigenvalue weighted by molar-refractivity contribution is 5.91. The molecule has 7 nitrogen and oxygen atoms in total. The van der Waals surface area contributed by atoms with Gasteiger partial charge >= 0.3 is 12.4 Å². The minimum absolute atomic E-state index is 0.132. The number of aromatic nitrogens is 2. The van der Waals surface area contributed by atoms with E-state index in [1.165, 1.54) is 39.8 Å². The monoisotopic (exact) mass is 526 g/mol. The topological polar surface area (TPSA) is 76.5 Å². The number of para-hydroxylation sites is 2. The summed E-state index contributed by atoms with van der Waals surface area (Å²) in [6.07, 6.45) is -4.14. The quantitative estimate of drug-likeness (QED) is 0.329. The number of rotatable bonds is 6. The van der Waals surface area contributed by atoms with Crippen LogP contribution in [-0.2, 0) is 13.0 Å². The average Bonchev–Trinajstić information content (AvgIpc) is 3.29. The Morgan fingerprint density at radius 3 is 2.58 bits per heavy atom. The molecule has 1 unspecified atom stereocenters. The fourth-order valence-corrected chi connectivity index (χ4v) is 4.62. The van der Waals surface area contributed by atoms with Crippen LogP contribution in [0.2, 0.25) is 0 Å². The second-order valence-corrected chi connectivity index (χ2v) is 8.80. The van der Waals surface area contributed by atoms with E-state index in [1.54, 1.807) is 0 Å². The molecule has 0 fully saturated rings. The Hall–Kier alpha value is -4.41. The highest BCUT2D eigenvalue weighted by atomic mass is 19.4. The molecule has 2 heterocycles. The predicted molar refractivity (Wildman–Crippen MR) is 132 cm³/mol. The average molecular weight is 526 g/mol. The summed E-state index contributed by atoms with van der Waals surface area (Å²) in [6.45, 7) is 0.446. The van der Waals surface area contributed by atoms with Crippen molar-refractivity contribution in [2.24, 2.45) is 0 Å². The molecule has 0 bridgehead atoms. The third-order valence-corrected chi connectivity index (χ3v) is 6.35. The number of alkyl halides is 3. The van der Waals surface area contributed by atoms with Crippen molar-refractivity contribution in [1.82, 2.24) is 14.5 Å². The van der Waals surface area contributed by atoms with E-state index in [4.69, 9.17) is 0 Å². The molecule has 1 aromatic heterocycles. The second kappa shape index (κ2) is 10.2. The number of halogens is 4. The van der Waals surface area contributed by atoms with E-state index in [1.807, 2.05) is 30.3 Å². The van der Waals surface area contributed by atoms with Gasteiger partial charge in [-0.2, -0.15) is 0 Å². The molecule has 0 aliphatic carbocycles. The molecule has 11 heteroatoms. The van der Waals surface area contributed by atoms with Gasteiger partial charge in [-0.3, -0.25) is 9.36 Å². The molecule has 0 saturated heterocycles. The van der Waals surface area contributed by atoms with E-state index in [0.29, 0.717) is 24.2 Å². The van der Waals surface area contributed by atoms with Gasteiger partial charge in [0.15, 0.2) is 5.75 Å². The summed E-state index contributed by atoms with van der Waals surface area (Å²) in [5, 5.41) is 2.67. The third kappa shape index (κ3) is 5.31. The van der Waals surface area contributed by atoms with Crippen LogP contribution in [-0.4, -0.2) is 33.4 Å². The Bertz CT molecular complexity index is 1540. The van der Waals surface area contributed by atoms with Gasteiger partial charge in [0.2, 0.25) is 0 Å². The van der Waals surface area contributed by atoms with Crippen molar-refractivity contribution in [3.63, 3.8) is 0 Å². The number of hydrogen-bond acceptors (Lipinski definition) is 4. The van der Waals surface area contributed by atoms with Gasteiger partial charge in [-0.05, 0) is 48.7 Å².